The molecule has 0 spiro atoms. The van der Waals surface area contributed by atoms with E-state index in [2.05, 4.69) is 0 Å². The van der Waals surface area contributed by atoms with E-state index < -0.39 is 12.1 Å². The van der Waals surface area contributed by atoms with Gasteiger partial charge in [0.15, 0.2) is 11.6 Å². The highest BCUT2D eigenvalue weighted by atomic mass is 16.5. The van der Waals surface area contributed by atoms with Crippen molar-refractivity contribution >= 4 is 29.4 Å². The fourth-order valence-corrected chi connectivity index (χ4v) is 2.21. The standard InChI is InChI=1S/C21H32N2O6/c1-8-9-21(28)29-20(12-22(18(6)26)10-14(2)16(4)24)13-23(19(7)27)11-15(3)17(5)25/h10-11,20H,8-9,12-13H2,1-7H3. The van der Waals surface area contributed by atoms with Crippen LogP contribution in [0.3, 0.4) is 0 Å². The van der Waals surface area contributed by atoms with Crippen LogP contribution in [-0.4, -0.2) is 58.3 Å². The molecule has 0 aromatic rings. The lowest BCUT2D eigenvalue weighted by Crippen LogP contribution is -2.42. The van der Waals surface area contributed by atoms with Gasteiger partial charge in [-0.1, -0.05) is 6.92 Å². The van der Waals surface area contributed by atoms with Crippen LogP contribution in [0.2, 0.25) is 0 Å². The van der Waals surface area contributed by atoms with Crippen molar-refractivity contribution in [2.24, 2.45) is 0 Å². The fraction of sp³-hybridized carbons (Fsp3) is 0.571. The summed E-state index contributed by atoms with van der Waals surface area (Å²) in [5.74, 6) is -1.52. The zero-order valence-corrected chi connectivity index (χ0v) is 18.4. The molecule has 0 bridgehead atoms. The maximum atomic E-state index is 12.0. The Labute approximate surface area is 172 Å². The van der Waals surface area contributed by atoms with Crippen molar-refractivity contribution in [2.75, 3.05) is 13.1 Å². The average Bonchev–Trinajstić information content (AvgIpc) is 2.59. The summed E-state index contributed by atoms with van der Waals surface area (Å²) < 4.78 is 5.48. The first kappa shape index (κ1) is 26.2. The van der Waals surface area contributed by atoms with Gasteiger partial charge in [-0.15, -0.1) is 0 Å². The molecule has 0 aliphatic carbocycles. The highest BCUT2D eigenvalue weighted by molar-refractivity contribution is 5.93. The van der Waals surface area contributed by atoms with E-state index in [0.29, 0.717) is 17.6 Å². The monoisotopic (exact) mass is 408 g/mol. The fourth-order valence-electron chi connectivity index (χ4n) is 2.21. The minimum atomic E-state index is -0.839. The van der Waals surface area contributed by atoms with E-state index in [9.17, 15) is 24.0 Å². The van der Waals surface area contributed by atoms with Crippen LogP contribution < -0.4 is 0 Å². The third-order valence-corrected chi connectivity index (χ3v) is 4.17. The molecule has 0 radical (unpaired) electrons. The second-order valence-electron chi connectivity index (χ2n) is 6.94. The Morgan fingerprint density at radius 2 is 1.14 bits per heavy atom. The molecule has 0 saturated heterocycles. The maximum absolute atomic E-state index is 12.0. The Morgan fingerprint density at radius 1 is 0.759 bits per heavy atom. The number of ketones is 2. The molecule has 0 unspecified atom stereocenters. The van der Waals surface area contributed by atoms with Crippen LogP contribution in [0, 0.1) is 0 Å². The summed E-state index contributed by atoms with van der Waals surface area (Å²) in [5, 5.41) is 0. The molecule has 0 saturated carbocycles. The van der Waals surface area contributed by atoms with E-state index in [4.69, 9.17) is 4.74 Å². The molecule has 162 valence electrons. The van der Waals surface area contributed by atoms with Gasteiger partial charge < -0.3 is 14.5 Å². The summed E-state index contributed by atoms with van der Waals surface area (Å²) in [6.07, 6.45) is 2.75. The Balaban J connectivity index is 5.78. The van der Waals surface area contributed by atoms with E-state index in [-0.39, 0.29) is 42.9 Å². The number of carbonyl (C=O) groups is 5. The Bertz CT molecular complexity index is 658. The average molecular weight is 408 g/mol. The van der Waals surface area contributed by atoms with Crippen LogP contribution in [0.5, 0.6) is 0 Å². The molecule has 0 aliphatic rings. The predicted octanol–water partition coefficient (Wildman–Crippen LogP) is 2.38. The number of carbonyl (C=O) groups excluding carboxylic acids is 5. The van der Waals surface area contributed by atoms with Crippen molar-refractivity contribution < 1.29 is 28.7 Å². The lowest BCUT2D eigenvalue weighted by molar-refractivity contribution is -0.153. The van der Waals surface area contributed by atoms with Gasteiger partial charge in [0.2, 0.25) is 11.8 Å². The van der Waals surface area contributed by atoms with Crippen molar-refractivity contribution in [3.05, 3.63) is 23.5 Å². The van der Waals surface area contributed by atoms with E-state index in [1.165, 1.54) is 49.9 Å². The third kappa shape index (κ3) is 10.4. The topological polar surface area (TPSA) is 101 Å². The predicted molar refractivity (Wildman–Crippen MR) is 108 cm³/mol. The summed E-state index contributed by atoms with van der Waals surface area (Å²) >= 11 is 0. The van der Waals surface area contributed by atoms with Crippen molar-refractivity contribution in [1.29, 1.82) is 0 Å². The van der Waals surface area contributed by atoms with Gasteiger partial charge in [-0.25, -0.2) is 0 Å². The van der Waals surface area contributed by atoms with Gasteiger partial charge in [0, 0.05) is 43.8 Å². The number of hydrogen-bond donors (Lipinski definition) is 0. The number of rotatable bonds is 11. The normalized spacial score (nSPS) is 12.8. The SMILES string of the molecule is CCCC(=O)OC(CN(C=C(C)C(C)=O)C(C)=O)CN(C=C(C)C(C)=O)C(C)=O. The minimum Gasteiger partial charge on any atom is -0.459 e. The molecule has 0 heterocycles. The van der Waals surface area contributed by atoms with E-state index >= 15 is 0 Å². The molecule has 0 atom stereocenters. The maximum Gasteiger partial charge on any atom is 0.306 e. The molecule has 0 aliphatic heterocycles. The molecule has 8 heteroatoms. The number of hydrogen-bond acceptors (Lipinski definition) is 6. The van der Waals surface area contributed by atoms with Gasteiger partial charge >= 0.3 is 5.97 Å². The van der Waals surface area contributed by atoms with Crippen LogP contribution in [0.15, 0.2) is 23.5 Å². The van der Waals surface area contributed by atoms with Crippen LogP contribution in [0.1, 0.15) is 61.3 Å². The van der Waals surface area contributed by atoms with Gasteiger partial charge in [-0.3, -0.25) is 24.0 Å². The Morgan fingerprint density at radius 3 is 1.41 bits per heavy atom. The van der Waals surface area contributed by atoms with Crippen LogP contribution in [0.4, 0.5) is 0 Å². The summed E-state index contributed by atoms with van der Waals surface area (Å²) in [7, 11) is 0. The van der Waals surface area contributed by atoms with Crippen LogP contribution in [0.25, 0.3) is 0 Å². The molecule has 8 nitrogen and oxygen atoms in total. The molecule has 0 aromatic heterocycles. The Kier molecular flexibility index (Phi) is 11.4. The van der Waals surface area contributed by atoms with Gasteiger partial charge in [0.25, 0.3) is 0 Å². The summed E-state index contributed by atoms with van der Waals surface area (Å²) in [5.41, 5.74) is 0.740. The van der Waals surface area contributed by atoms with Crippen molar-refractivity contribution in [2.45, 2.75) is 67.4 Å². The number of amides is 2. The molecular formula is C21H32N2O6. The molecule has 2 amide bonds. The third-order valence-electron chi connectivity index (χ3n) is 4.17. The van der Waals surface area contributed by atoms with E-state index in [1.54, 1.807) is 13.8 Å². The number of nitrogens with zero attached hydrogens (tertiary/aromatic N) is 2. The van der Waals surface area contributed by atoms with Crippen molar-refractivity contribution in [3.63, 3.8) is 0 Å². The van der Waals surface area contributed by atoms with Crippen LogP contribution in [-0.2, 0) is 28.7 Å². The number of allylic oxidation sites excluding steroid dienone is 2. The molecule has 0 N–H and O–H groups in total. The van der Waals surface area contributed by atoms with Crippen LogP contribution >= 0.6 is 0 Å². The van der Waals surface area contributed by atoms with Gasteiger partial charge in [0.1, 0.15) is 6.10 Å². The van der Waals surface area contributed by atoms with Crippen molar-refractivity contribution in [1.82, 2.24) is 9.80 Å². The quantitative estimate of drug-likeness (QED) is 0.384. The van der Waals surface area contributed by atoms with Crippen molar-refractivity contribution in [3.8, 4) is 0 Å². The molecule has 0 rings (SSSR count). The molecule has 0 aromatic carbocycles. The number of esters is 1. The first-order valence-corrected chi connectivity index (χ1v) is 9.51. The summed E-state index contributed by atoms with van der Waals surface area (Å²) in [6.45, 7) is 10.4. The highest BCUT2D eigenvalue weighted by Gasteiger charge is 2.23. The number of ether oxygens (including phenoxy) is 1. The van der Waals surface area contributed by atoms with Gasteiger partial charge in [0.05, 0.1) is 13.1 Å². The van der Waals surface area contributed by atoms with E-state index in [0.717, 1.165) is 0 Å². The molecule has 0 fully saturated rings. The summed E-state index contributed by atoms with van der Waals surface area (Å²) in [4.78, 5) is 61.7. The lowest BCUT2D eigenvalue weighted by atomic mass is 10.2. The Hall–Kier alpha value is -2.77. The molecular weight excluding hydrogens is 376 g/mol. The van der Waals surface area contributed by atoms with Gasteiger partial charge in [-0.05, 0) is 34.1 Å². The van der Waals surface area contributed by atoms with Gasteiger partial charge in [-0.2, -0.15) is 0 Å². The zero-order chi connectivity index (χ0) is 22.7. The minimum absolute atomic E-state index is 0.0356. The first-order chi connectivity index (χ1) is 13.4. The first-order valence-electron chi connectivity index (χ1n) is 9.51. The highest BCUT2D eigenvalue weighted by Crippen LogP contribution is 2.10. The zero-order valence-electron chi connectivity index (χ0n) is 18.4. The number of Topliss-reactive ketones (excluding diaryl/α,β-unsaturated/α-hetero) is 2. The second-order valence-corrected chi connectivity index (χ2v) is 6.94. The smallest absolute Gasteiger partial charge is 0.306 e. The largest absolute Gasteiger partial charge is 0.459 e. The summed E-state index contributed by atoms with van der Waals surface area (Å²) in [6, 6.07) is 0. The lowest BCUT2D eigenvalue weighted by Gasteiger charge is -2.28. The molecule has 29 heavy (non-hydrogen) atoms. The van der Waals surface area contributed by atoms with E-state index in [1.807, 2.05) is 6.92 Å². The second kappa shape index (κ2) is 12.6.